The fourth-order valence-electron chi connectivity index (χ4n) is 3.85. The van der Waals surface area contributed by atoms with Crippen LogP contribution in [0.1, 0.15) is 24.0 Å². The summed E-state index contributed by atoms with van der Waals surface area (Å²) in [6.45, 7) is 2.10. The fourth-order valence-corrected chi connectivity index (χ4v) is 5.30. The molecule has 0 aromatic heterocycles. The Morgan fingerprint density at radius 3 is 2.56 bits per heavy atom. The lowest BCUT2D eigenvalue weighted by Gasteiger charge is -2.31. The van der Waals surface area contributed by atoms with Gasteiger partial charge in [0.15, 0.2) is 0 Å². The van der Waals surface area contributed by atoms with E-state index in [4.69, 9.17) is 21.1 Å². The number of amides is 2. The summed E-state index contributed by atoms with van der Waals surface area (Å²) in [6, 6.07) is 9.80. The van der Waals surface area contributed by atoms with E-state index >= 15 is 0 Å². The van der Waals surface area contributed by atoms with Crippen molar-refractivity contribution in [2.24, 2.45) is 5.92 Å². The van der Waals surface area contributed by atoms with Crippen LogP contribution in [0.4, 0.5) is 18.9 Å². The first kappa shape index (κ1) is 30.3. The Hall–Kier alpha value is -3.21. The number of hydrogen-bond acceptors (Lipinski definition) is 7. The number of benzene rings is 2. The zero-order valence-corrected chi connectivity index (χ0v) is 23.5. The summed E-state index contributed by atoms with van der Waals surface area (Å²) in [6.07, 6.45) is -4.72. The maximum absolute atomic E-state index is 13.4. The molecule has 1 heterocycles. The lowest BCUT2D eigenvalue weighted by molar-refractivity contribution is -0.150. The van der Waals surface area contributed by atoms with Crippen LogP contribution in [-0.4, -0.2) is 37.3 Å². The topological polar surface area (TPSA) is 118 Å². The molecule has 2 amide bonds. The van der Waals surface area contributed by atoms with E-state index in [1.54, 1.807) is 13.0 Å². The summed E-state index contributed by atoms with van der Waals surface area (Å²) in [5.74, 6) is -5.14. The number of esters is 1. The predicted molar refractivity (Wildman–Crippen MR) is 142 cm³/mol. The summed E-state index contributed by atoms with van der Waals surface area (Å²) >= 11 is 10.0. The Labute approximate surface area is 239 Å². The minimum atomic E-state index is -4.72. The number of methoxy groups -OCH3 is 1. The van der Waals surface area contributed by atoms with Gasteiger partial charge in [-0.25, -0.2) is 0 Å². The number of carbonyl (C=O) groups is 3. The lowest BCUT2D eigenvalue weighted by Crippen LogP contribution is -2.44. The largest absolute Gasteiger partial charge is 0.492 e. The summed E-state index contributed by atoms with van der Waals surface area (Å²) in [7, 11) is 1.10. The second kappa shape index (κ2) is 12.8. The van der Waals surface area contributed by atoms with Crippen LogP contribution in [0.2, 0.25) is 5.02 Å². The van der Waals surface area contributed by atoms with E-state index < -0.39 is 52.8 Å². The first-order valence-corrected chi connectivity index (χ1v) is 13.3. The third-order valence-electron chi connectivity index (χ3n) is 5.51. The standard InChI is InChI=1S/C25H20BrClF3N3O5S/c1-3-38-18-7-4-12(8-16(18)27)20-14(10-31)23(33-22(35)21(20)24(36)37-2)39-11-19(34)32-17-6-5-13(26)9-15(17)25(28,29)30/h4-9,20-21H,3,11H2,1-2H3,(H,32,34)(H,33,35)/t20-,21-/m0/s1. The normalized spacial score (nSPS) is 17.2. The zero-order chi connectivity index (χ0) is 28.9. The van der Waals surface area contributed by atoms with Crippen molar-refractivity contribution in [3.8, 4) is 11.8 Å². The Balaban J connectivity index is 1.93. The Kier molecular flexibility index (Phi) is 9.93. The molecule has 3 rings (SSSR count). The highest BCUT2D eigenvalue weighted by atomic mass is 79.9. The molecule has 14 heteroatoms. The third kappa shape index (κ3) is 7.06. The van der Waals surface area contributed by atoms with Crippen LogP contribution in [0, 0.1) is 17.2 Å². The van der Waals surface area contributed by atoms with Gasteiger partial charge in [-0.2, -0.15) is 18.4 Å². The van der Waals surface area contributed by atoms with Crippen LogP contribution in [0.5, 0.6) is 5.75 Å². The van der Waals surface area contributed by atoms with E-state index in [0.29, 0.717) is 17.9 Å². The molecule has 8 nitrogen and oxygen atoms in total. The first-order valence-electron chi connectivity index (χ1n) is 11.2. The van der Waals surface area contributed by atoms with E-state index in [2.05, 4.69) is 26.6 Å². The Bertz CT molecular complexity index is 1380. The highest BCUT2D eigenvalue weighted by Crippen LogP contribution is 2.42. The average molecular weight is 647 g/mol. The third-order valence-corrected chi connectivity index (χ3v) is 7.31. The molecule has 0 bridgehead atoms. The van der Waals surface area contributed by atoms with Gasteiger partial charge in [-0.05, 0) is 42.8 Å². The van der Waals surface area contributed by atoms with Gasteiger partial charge in [0.05, 0.1) is 52.4 Å². The van der Waals surface area contributed by atoms with E-state index in [0.717, 1.165) is 31.0 Å². The van der Waals surface area contributed by atoms with Gasteiger partial charge in [-0.15, -0.1) is 0 Å². The van der Waals surface area contributed by atoms with Gasteiger partial charge >= 0.3 is 12.1 Å². The van der Waals surface area contributed by atoms with E-state index in [1.165, 1.54) is 18.2 Å². The highest BCUT2D eigenvalue weighted by molar-refractivity contribution is 9.10. The van der Waals surface area contributed by atoms with Crippen molar-refractivity contribution in [3.05, 3.63) is 67.6 Å². The number of allylic oxidation sites excluding steroid dienone is 1. The number of anilines is 1. The van der Waals surface area contributed by atoms with Crippen molar-refractivity contribution in [2.45, 2.75) is 19.0 Å². The molecule has 0 fully saturated rings. The molecular formula is C25H20BrClF3N3O5S. The smallest absolute Gasteiger partial charge is 0.418 e. The zero-order valence-electron chi connectivity index (χ0n) is 20.3. The number of nitriles is 1. The Morgan fingerprint density at radius 2 is 1.97 bits per heavy atom. The lowest BCUT2D eigenvalue weighted by atomic mass is 9.78. The minimum Gasteiger partial charge on any atom is -0.492 e. The Morgan fingerprint density at radius 1 is 1.26 bits per heavy atom. The molecule has 0 saturated heterocycles. The quantitative estimate of drug-likeness (QED) is 0.282. The molecule has 2 atom stereocenters. The van der Waals surface area contributed by atoms with Gasteiger partial charge in [0.1, 0.15) is 11.7 Å². The van der Waals surface area contributed by atoms with Gasteiger partial charge in [-0.3, -0.25) is 14.4 Å². The average Bonchev–Trinajstić information content (AvgIpc) is 2.88. The number of nitrogens with one attached hydrogen (secondary N) is 2. The fraction of sp³-hybridized carbons (Fsp3) is 0.280. The van der Waals surface area contributed by atoms with Gasteiger partial charge in [0, 0.05) is 10.4 Å². The van der Waals surface area contributed by atoms with Crippen molar-refractivity contribution in [1.29, 1.82) is 5.26 Å². The predicted octanol–water partition coefficient (Wildman–Crippen LogP) is 5.63. The van der Waals surface area contributed by atoms with Gasteiger partial charge in [0.2, 0.25) is 11.8 Å². The number of alkyl halides is 3. The molecule has 206 valence electrons. The van der Waals surface area contributed by atoms with Crippen molar-refractivity contribution < 1.29 is 37.0 Å². The summed E-state index contributed by atoms with van der Waals surface area (Å²) in [4.78, 5) is 38.1. The number of hydrogen-bond donors (Lipinski definition) is 2. The maximum Gasteiger partial charge on any atom is 0.418 e. The molecule has 1 aliphatic heterocycles. The molecule has 0 aliphatic carbocycles. The summed E-state index contributed by atoms with van der Waals surface area (Å²) < 4.78 is 50.6. The molecule has 1 aliphatic rings. The van der Waals surface area contributed by atoms with Crippen LogP contribution in [0.25, 0.3) is 0 Å². The van der Waals surface area contributed by atoms with Crippen molar-refractivity contribution in [1.82, 2.24) is 5.32 Å². The number of ether oxygens (including phenoxy) is 2. The molecule has 2 aromatic carbocycles. The van der Waals surface area contributed by atoms with Crippen LogP contribution in [-0.2, 0) is 25.3 Å². The molecule has 39 heavy (non-hydrogen) atoms. The van der Waals surface area contributed by atoms with Crippen molar-refractivity contribution in [3.63, 3.8) is 0 Å². The van der Waals surface area contributed by atoms with E-state index in [1.807, 2.05) is 6.07 Å². The van der Waals surface area contributed by atoms with Gasteiger partial charge in [0.25, 0.3) is 0 Å². The van der Waals surface area contributed by atoms with Crippen LogP contribution in [0.15, 0.2) is 51.5 Å². The molecule has 2 N–H and O–H groups in total. The second-order valence-electron chi connectivity index (χ2n) is 7.97. The molecule has 2 aromatic rings. The molecule has 0 spiro atoms. The van der Waals surface area contributed by atoms with Crippen LogP contribution in [0.3, 0.4) is 0 Å². The van der Waals surface area contributed by atoms with Crippen LogP contribution < -0.4 is 15.4 Å². The maximum atomic E-state index is 13.4. The molecular weight excluding hydrogens is 627 g/mol. The molecule has 0 radical (unpaired) electrons. The summed E-state index contributed by atoms with van der Waals surface area (Å²) in [5, 5.41) is 14.8. The molecule has 0 saturated carbocycles. The van der Waals surface area contributed by atoms with Crippen LogP contribution >= 0.6 is 39.3 Å². The van der Waals surface area contributed by atoms with Crippen molar-refractivity contribution in [2.75, 3.05) is 24.8 Å². The first-order chi connectivity index (χ1) is 18.4. The highest BCUT2D eigenvalue weighted by Gasteiger charge is 2.44. The van der Waals surface area contributed by atoms with Gasteiger partial charge < -0.3 is 20.1 Å². The van der Waals surface area contributed by atoms with E-state index in [9.17, 15) is 32.8 Å². The monoisotopic (exact) mass is 645 g/mol. The van der Waals surface area contributed by atoms with Gasteiger partial charge in [-0.1, -0.05) is 45.4 Å². The number of halogens is 5. The number of thioether (sulfide) groups is 1. The van der Waals surface area contributed by atoms with E-state index in [-0.39, 0.29) is 20.1 Å². The number of nitrogens with zero attached hydrogens (tertiary/aromatic N) is 1. The molecule has 0 unspecified atom stereocenters. The number of rotatable bonds is 8. The second-order valence-corrected chi connectivity index (χ2v) is 10.3. The minimum absolute atomic E-state index is 0.0281. The van der Waals surface area contributed by atoms with Crippen molar-refractivity contribution >= 4 is 62.8 Å². The number of carbonyl (C=O) groups excluding carboxylic acids is 3. The SMILES string of the molecule is CCOc1ccc([C@H]2C(C#N)=C(SCC(=O)Nc3ccc(Br)cc3C(F)(F)F)NC(=O)[C@H]2C(=O)OC)cc1Cl. The summed E-state index contributed by atoms with van der Waals surface area (Å²) in [5.41, 5.74) is -1.21.